The molecule has 0 aliphatic rings. The monoisotopic (exact) mass is 275 g/mol. The van der Waals surface area contributed by atoms with E-state index in [9.17, 15) is 5.11 Å². The standard InChI is InChI=1S/C10H14BrNO3/c1-15-9-5-6(8(12)2-3-13)4-7(11)10(9)14/h4-5,8,13-14H,2-3,12H2,1H3. The number of hydrogen-bond acceptors (Lipinski definition) is 4. The summed E-state index contributed by atoms with van der Waals surface area (Å²) in [5, 5.41) is 18.3. The van der Waals surface area contributed by atoms with Crippen LogP contribution < -0.4 is 10.5 Å². The van der Waals surface area contributed by atoms with Crippen LogP contribution in [0.4, 0.5) is 0 Å². The lowest BCUT2D eigenvalue weighted by molar-refractivity contribution is 0.276. The minimum Gasteiger partial charge on any atom is -0.503 e. The molecule has 0 aromatic heterocycles. The number of phenolic OH excluding ortho intramolecular Hbond substituents is 1. The molecule has 4 nitrogen and oxygen atoms in total. The summed E-state index contributed by atoms with van der Waals surface area (Å²) < 4.78 is 5.53. The van der Waals surface area contributed by atoms with Crippen LogP contribution in [0.25, 0.3) is 0 Å². The minimum atomic E-state index is -0.263. The molecule has 84 valence electrons. The number of rotatable bonds is 4. The van der Waals surface area contributed by atoms with Gasteiger partial charge < -0.3 is 20.7 Å². The van der Waals surface area contributed by atoms with Gasteiger partial charge in [-0.15, -0.1) is 0 Å². The highest BCUT2D eigenvalue weighted by atomic mass is 79.9. The highest BCUT2D eigenvalue weighted by molar-refractivity contribution is 9.10. The van der Waals surface area contributed by atoms with Crippen molar-refractivity contribution in [2.24, 2.45) is 5.73 Å². The molecule has 0 spiro atoms. The molecule has 0 fully saturated rings. The largest absolute Gasteiger partial charge is 0.503 e. The molecular weight excluding hydrogens is 262 g/mol. The normalized spacial score (nSPS) is 12.5. The second-order valence-electron chi connectivity index (χ2n) is 3.17. The van der Waals surface area contributed by atoms with E-state index in [0.29, 0.717) is 16.6 Å². The van der Waals surface area contributed by atoms with Crippen LogP contribution in [-0.4, -0.2) is 23.9 Å². The number of ether oxygens (including phenoxy) is 1. The van der Waals surface area contributed by atoms with E-state index in [4.69, 9.17) is 15.6 Å². The summed E-state index contributed by atoms with van der Waals surface area (Å²) in [5.41, 5.74) is 6.64. The summed E-state index contributed by atoms with van der Waals surface area (Å²) in [4.78, 5) is 0. The van der Waals surface area contributed by atoms with Crippen LogP contribution in [0.1, 0.15) is 18.0 Å². The van der Waals surface area contributed by atoms with Crippen molar-refractivity contribution in [3.05, 3.63) is 22.2 Å². The molecule has 0 aliphatic carbocycles. The summed E-state index contributed by atoms with van der Waals surface area (Å²) in [6.07, 6.45) is 0.473. The van der Waals surface area contributed by atoms with Crippen LogP contribution in [-0.2, 0) is 0 Å². The van der Waals surface area contributed by atoms with Gasteiger partial charge >= 0.3 is 0 Å². The zero-order valence-corrected chi connectivity index (χ0v) is 9.99. The molecule has 1 unspecified atom stereocenters. The quantitative estimate of drug-likeness (QED) is 0.779. The van der Waals surface area contributed by atoms with Gasteiger partial charge in [-0.1, -0.05) is 0 Å². The molecule has 15 heavy (non-hydrogen) atoms. The third-order valence-electron chi connectivity index (χ3n) is 2.14. The van der Waals surface area contributed by atoms with Gasteiger partial charge in [-0.05, 0) is 40.0 Å². The molecule has 1 rings (SSSR count). The zero-order valence-electron chi connectivity index (χ0n) is 8.40. The van der Waals surface area contributed by atoms with E-state index in [-0.39, 0.29) is 18.4 Å². The second-order valence-corrected chi connectivity index (χ2v) is 4.03. The number of aliphatic hydroxyl groups excluding tert-OH is 1. The number of methoxy groups -OCH3 is 1. The Balaban J connectivity index is 3.05. The van der Waals surface area contributed by atoms with Crippen LogP contribution in [0, 0.1) is 0 Å². The van der Waals surface area contributed by atoms with Gasteiger partial charge in [-0.3, -0.25) is 0 Å². The topological polar surface area (TPSA) is 75.7 Å². The van der Waals surface area contributed by atoms with E-state index in [1.807, 2.05) is 0 Å². The second kappa shape index (κ2) is 5.34. The Morgan fingerprint density at radius 3 is 2.73 bits per heavy atom. The van der Waals surface area contributed by atoms with Gasteiger partial charge in [0.05, 0.1) is 11.6 Å². The zero-order chi connectivity index (χ0) is 11.4. The lowest BCUT2D eigenvalue weighted by atomic mass is 10.0. The molecule has 5 heteroatoms. The fraction of sp³-hybridized carbons (Fsp3) is 0.400. The third kappa shape index (κ3) is 2.84. The Morgan fingerprint density at radius 1 is 1.53 bits per heavy atom. The van der Waals surface area contributed by atoms with Gasteiger partial charge in [0.1, 0.15) is 0 Å². The van der Waals surface area contributed by atoms with Crippen molar-refractivity contribution < 1.29 is 14.9 Å². The van der Waals surface area contributed by atoms with Crippen molar-refractivity contribution >= 4 is 15.9 Å². The highest BCUT2D eigenvalue weighted by Gasteiger charge is 2.12. The van der Waals surface area contributed by atoms with Gasteiger partial charge in [-0.25, -0.2) is 0 Å². The number of aromatic hydroxyl groups is 1. The third-order valence-corrected chi connectivity index (χ3v) is 2.74. The molecule has 0 saturated carbocycles. The van der Waals surface area contributed by atoms with Crippen molar-refractivity contribution in [2.45, 2.75) is 12.5 Å². The van der Waals surface area contributed by atoms with Crippen molar-refractivity contribution in [3.63, 3.8) is 0 Å². The first kappa shape index (κ1) is 12.3. The Kier molecular flexibility index (Phi) is 4.38. The predicted octanol–water partition coefficient (Wildman–Crippen LogP) is 1.55. The molecule has 0 aliphatic heterocycles. The fourth-order valence-corrected chi connectivity index (χ4v) is 1.73. The molecule has 4 N–H and O–H groups in total. The van der Waals surface area contributed by atoms with Crippen LogP contribution in [0.5, 0.6) is 11.5 Å². The summed E-state index contributed by atoms with van der Waals surface area (Å²) in [6.45, 7) is 0.0297. The number of nitrogens with two attached hydrogens (primary N) is 1. The number of aliphatic hydroxyl groups is 1. The Bertz CT molecular complexity index is 344. The summed E-state index contributed by atoms with van der Waals surface area (Å²) in [7, 11) is 1.48. The van der Waals surface area contributed by atoms with E-state index in [0.717, 1.165) is 5.56 Å². The van der Waals surface area contributed by atoms with Crippen LogP contribution in [0.2, 0.25) is 0 Å². The molecule has 0 radical (unpaired) electrons. The summed E-state index contributed by atoms with van der Waals surface area (Å²) in [5.74, 6) is 0.421. The average molecular weight is 276 g/mol. The number of phenols is 1. The van der Waals surface area contributed by atoms with Crippen LogP contribution in [0.15, 0.2) is 16.6 Å². The molecule has 0 saturated heterocycles. The average Bonchev–Trinajstić information content (AvgIpc) is 2.22. The molecule has 1 aromatic carbocycles. The first-order chi connectivity index (χ1) is 7.10. The van der Waals surface area contributed by atoms with E-state index < -0.39 is 0 Å². The Morgan fingerprint density at radius 2 is 2.20 bits per heavy atom. The molecule has 1 atom stereocenters. The van der Waals surface area contributed by atoms with E-state index in [2.05, 4.69) is 15.9 Å². The Labute approximate surface area is 96.8 Å². The van der Waals surface area contributed by atoms with Crippen molar-refractivity contribution in [3.8, 4) is 11.5 Å². The molecule has 0 amide bonds. The van der Waals surface area contributed by atoms with E-state index >= 15 is 0 Å². The highest BCUT2D eigenvalue weighted by Crippen LogP contribution is 2.36. The van der Waals surface area contributed by atoms with Gasteiger partial charge in [0.2, 0.25) is 0 Å². The first-order valence-electron chi connectivity index (χ1n) is 4.53. The van der Waals surface area contributed by atoms with Crippen molar-refractivity contribution in [1.29, 1.82) is 0 Å². The molecule has 0 bridgehead atoms. The smallest absolute Gasteiger partial charge is 0.172 e. The summed E-state index contributed by atoms with van der Waals surface area (Å²) in [6, 6.07) is 3.12. The lowest BCUT2D eigenvalue weighted by Crippen LogP contribution is -2.12. The van der Waals surface area contributed by atoms with Gasteiger partial charge in [0.25, 0.3) is 0 Å². The maximum atomic E-state index is 9.57. The first-order valence-corrected chi connectivity index (χ1v) is 5.32. The fourth-order valence-electron chi connectivity index (χ4n) is 1.27. The van der Waals surface area contributed by atoms with E-state index in [1.54, 1.807) is 12.1 Å². The van der Waals surface area contributed by atoms with Crippen LogP contribution >= 0.6 is 15.9 Å². The SMILES string of the molecule is COc1cc(C(N)CCO)cc(Br)c1O. The summed E-state index contributed by atoms with van der Waals surface area (Å²) >= 11 is 3.21. The molecule has 1 aromatic rings. The molecular formula is C10H14BrNO3. The van der Waals surface area contributed by atoms with Crippen LogP contribution in [0.3, 0.4) is 0 Å². The van der Waals surface area contributed by atoms with Gasteiger partial charge in [0.15, 0.2) is 11.5 Å². The number of halogens is 1. The predicted molar refractivity (Wildman–Crippen MR) is 61.0 cm³/mol. The van der Waals surface area contributed by atoms with E-state index in [1.165, 1.54) is 7.11 Å². The molecule has 0 heterocycles. The maximum absolute atomic E-state index is 9.57. The van der Waals surface area contributed by atoms with Crippen molar-refractivity contribution in [2.75, 3.05) is 13.7 Å². The van der Waals surface area contributed by atoms with Gasteiger partial charge in [0, 0.05) is 12.6 Å². The minimum absolute atomic E-state index is 0.0297. The Hall–Kier alpha value is -0.780. The number of benzene rings is 1. The van der Waals surface area contributed by atoms with Gasteiger partial charge in [-0.2, -0.15) is 0 Å². The number of hydrogen-bond donors (Lipinski definition) is 3. The van der Waals surface area contributed by atoms with Crippen molar-refractivity contribution in [1.82, 2.24) is 0 Å². The maximum Gasteiger partial charge on any atom is 0.172 e. The lowest BCUT2D eigenvalue weighted by Gasteiger charge is -2.13.